The van der Waals surface area contributed by atoms with Crippen LogP contribution in [0, 0.1) is 0 Å². The molecule has 6 nitrogen and oxygen atoms in total. The average Bonchev–Trinajstić information content (AvgIpc) is 3.00. The minimum Gasteiger partial charge on any atom is -0.491 e. The fourth-order valence-electron chi connectivity index (χ4n) is 2.00. The van der Waals surface area contributed by atoms with E-state index in [9.17, 15) is 0 Å². The molecule has 20 heavy (non-hydrogen) atoms. The number of aromatic amines is 1. The van der Waals surface area contributed by atoms with E-state index in [2.05, 4.69) is 27.4 Å². The Hall–Kier alpha value is -1.92. The number of hydrogen-bond donors (Lipinski definition) is 2. The molecule has 2 rings (SSSR count). The van der Waals surface area contributed by atoms with Crippen LogP contribution in [0.4, 0.5) is 0 Å². The highest BCUT2D eigenvalue weighted by molar-refractivity contribution is 5.38. The molecule has 0 amide bonds. The van der Waals surface area contributed by atoms with E-state index in [4.69, 9.17) is 9.47 Å². The second-order valence-corrected chi connectivity index (χ2v) is 4.24. The number of para-hydroxylation sites is 1. The van der Waals surface area contributed by atoms with E-state index in [-0.39, 0.29) is 6.04 Å². The van der Waals surface area contributed by atoms with Crippen LogP contribution in [0.3, 0.4) is 0 Å². The smallest absolute Gasteiger partial charge is 0.146 e. The maximum atomic E-state index is 5.78. The summed E-state index contributed by atoms with van der Waals surface area (Å²) >= 11 is 0. The van der Waals surface area contributed by atoms with Crippen LogP contribution >= 0.6 is 0 Å². The van der Waals surface area contributed by atoms with E-state index < -0.39 is 0 Å². The molecule has 0 aliphatic heterocycles. The van der Waals surface area contributed by atoms with Gasteiger partial charge in [0, 0.05) is 12.7 Å². The Morgan fingerprint density at radius 1 is 1.30 bits per heavy atom. The van der Waals surface area contributed by atoms with Gasteiger partial charge in [0.05, 0.1) is 12.6 Å². The zero-order chi connectivity index (χ0) is 14.2. The third-order valence-corrected chi connectivity index (χ3v) is 2.89. The molecule has 108 valence electrons. The van der Waals surface area contributed by atoms with Crippen LogP contribution in [0.5, 0.6) is 5.75 Å². The quantitative estimate of drug-likeness (QED) is 0.715. The van der Waals surface area contributed by atoms with Gasteiger partial charge in [0.2, 0.25) is 0 Å². The molecule has 1 unspecified atom stereocenters. The topological polar surface area (TPSA) is 72.1 Å². The van der Waals surface area contributed by atoms with Gasteiger partial charge in [-0.15, -0.1) is 0 Å². The van der Waals surface area contributed by atoms with Gasteiger partial charge in [-0.05, 0) is 12.6 Å². The van der Waals surface area contributed by atoms with Crippen molar-refractivity contribution in [3.8, 4) is 5.75 Å². The monoisotopic (exact) mass is 276 g/mol. The van der Waals surface area contributed by atoms with Gasteiger partial charge < -0.3 is 14.8 Å². The predicted octanol–water partition coefficient (Wildman–Crippen LogP) is 1.53. The molecule has 0 saturated carbocycles. The number of hydrogen-bond acceptors (Lipinski definition) is 5. The molecule has 2 aromatic rings. The van der Waals surface area contributed by atoms with E-state index in [0.717, 1.165) is 23.7 Å². The highest BCUT2D eigenvalue weighted by atomic mass is 16.5. The first-order chi connectivity index (χ1) is 9.86. The molecule has 0 bridgehead atoms. The lowest BCUT2D eigenvalue weighted by Gasteiger charge is -2.19. The fourth-order valence-corrected chi connectivity index (χ4v) is 2.00. The summed E-state index contributed by atoms with van der Waals surface area (Å²) in [6.07, 6.45) is 1.51. The van der Waals surface area contributed by atoms with Crippen LogP contribution in [0.15, 0.2) is 30.6 Å². The van der Waals surface area contributed by atoms with Gasteiger partial charge in [-0.1, -0.05) is 25.1 Å². The first-order valence-electron chi connectivity index (χ1n) is 6.66. The van der Waals surface area contributed by atoms with Gasteiger partial charge in [-0.3, -0.25) is 5.10 Å². The molecule has 0 fully saturated rings. The van der Waals surface area contributed by atoms with Crippen LogP contribution in [0.1, 0.15) is 24.4 Å². The number of benzene rings is 1. The minimum absolute atomic E-state index is 0.0683. The predicted molar refractivity (Wildman–Crippen MR) is 75.7 cm³/mol. The van der Waals surface area contributed by atoms with E-state index in [1.807, 2.05) is 24.3 Å². The van der Waals surface area contributed by atoms with Gasteiger partial charge in [0.15, 0.2) is 0 Å². The van der Waals surface area contributed by atoms with E-state index in [1.54, 1.807) is 7.11 Å². The SMILES string of the molecule is CCNC(c1ncn[nH]1)c1ccccc1OCCOC. The fraction of sp³-hybridized carbons (Fsp3) is 0.429. The van der Waals surface area contributed by atoms with E-state index >= 15 is 0 Å². The highest BCUT2D eigenvalue weighted by Crippen LogP contribution is 2.28. The number of nitrogens with zero attached hydrogens (tertiary/aromatic N) is 2. The lowest BCUT2D eigenvalue weighted by atomic mass is 10.1. The molecule has 1 heterocycles. The Labute approximate surface area is 118 Å². The van der Waals surface area contributed by atoms with Gasteiger partial charge >= 0.3 is 0 Å². The molecule has 1 aromatic carbocycles. The Morgan fingerprint density at radius 2 is 2.15 bits per heavy atom. The zero-order valence-electron chi connectivity index (χ0n) is 11.8. The van der Waals surface area contributed by atoms with Crippen molar-refractivity contribution in [2.75, 3.05) is 26.9 Å². The van der Waals surface area contributed by atoms with Crippen molar-refractivity contribution in [2.24, 2.45) is 0 Å². The average molecular weight is 276 g/mol. The number of ether oxygens (including phenoxy) is 2. The van der Waals surface area contributed by atoms with Gasteiger partial charge in [0.25, 0.3) is 0 Å². The summed E-state index contributed by atoms with van der Waals surface area (Å²) in [6.45, 7) is 3.95. The number of nitrogens with one attached hydrogen (secondary N) is 2. The van der Waals surface area contributed by atoms with Crippen molar-refractivity contribution >= 4 is 0 Å². The summed E-state index contributed by atoms with van der Waals surface area (Å²) in [5.74, 6) is 1.60. The lowest BCUT2D eigenvalue weighted by Crippen LogP contribution is -2.24. The summed E-state index contributed by atoms with van der Waals surface area (Å²) < 4.78 is 10.8. The number of rotatable bonds is 8. The largest absolute Gasteiger partial charge is 0.491 e. The third-order valence-electron chi connectivity index (χ3n) is 2.89. The minimum atomic E-state index is -0.0683. The molecule has 0 aliphatic carbocycles. The van der Waals surface area contributed by atoms with E-state index in [1.165, 1.54) is 6.33 Å². The molecule has 0 aliphatic rings. The first-order valence-corrected chi connectivity index (χ1v) is 6.66. The Balaban J connectivity index is 2.23. The molecule has 0 saturated heterocycles. The van der Waals surface area contributed by atoms with Crippen molar-refractivity contribution in [1.29, 1.82) is 0 Å². The normalized spacial score (nSPS) is 12.3. The van der Waals surface area contributed by atoms with Gasteiger partial charge in [-0.25, -0.2) is 4.98 Å². The van der Waals surface area contributed by atoms with Gasteiger partial charge in [-0.2, -0.15) is 5.10 Å². The third kappa shape index (κ3) is 3.55. The Morgan fingerprint density at radius 3 is 2.85 bits per heavy atom. The van der Waals surface area contributed by atoms with E-state index in [0.29, 0.717) is 13.2 Å². The van der Waals surface area contributed by atoms with Gasteiger partial charge in [0.1, 0.15) is 24.5 Å². The molecular weight excluding hydrogens is 256 g/mol. The summed E-state index contributed by atoms with van der Waals surface area (Å²) in [5, 5.41) is 10.2. The van der Waals surface area contributed by atoms with Crippen molar-refractivity contribution < 1.29 is 9.47 Å². The Kier molecular flexibility index (Phi) is 5.52. The van der Waals surface area contributed by atoms with Crippen molar-refractivity contribution in [1.82, 2.24) is 20.5 Å². The Bertz CT molecular complexity index is 502. The number of methoxy groups -OCH3 is 1. The summed E-state index contributed by atoms with van der Waals surface area (Å²) in [7, 11) is 1.66. The molecule has 6 heteroatoms. The van der Waals surface area contributed by atoms with Crippen LogP contribution in [-0.2, 0) is 4.74 Å². The second kappa shape index (κ2) is 7.62. The lowest BCUT2D eigenvalue weighted by molar-refractivity contribution is 0.145. The molecule has 1 atom stereocenters. The number of aromatic nitrogens is 3. The van der Waals surface area contributed by atoms with Crippen LogP contribution in [-0.4, -0.2) is 42.0 Å². The first kappa shape index (κ1) is 14.5. The van der Waals surface area contributed by atoms with Crippen LogP contribution in [0.2, 0.25) is 0 Å². The van der Waals surface area contributed by atoms with Crippen molar-refractivity contribution in [2.45, 2.75) is 13.0 Å². The maximum absolute atomic E-state index is 5.78. The second-order valence-electron chi connectivity index (χ2n) is 4.24. The van der Waals surface area contributed by atoms with Crippen molar-refractivity contribution in [3.63, 3.8) is 0 Å². The maximum Gasteiger partial charge on any atom is 0.146 e. The molecule has 2 N–H and O–H groups in total. The van der Waals surface area contributed by atoms with Crippen molar-refractivity contribution in [3.05, 3.63) is 42.0 Å². The number of H-pyrrole nitrogens is 1. The molecule has 1 aromatic heterocycles. The molecule has 0 spiro atoms. The van der Waals surface area contributed by atoms with Crippen LogP contribution in [0.25, 0.3) is 0 Å². The standard InChI is InChI=1S/C14H20N4O2/c1-3-15-13(14-16-10-17-18-14)11-6-4-5-7-12(11)20-9-8-19-2/h4-7,10,13,15H,3,8-9H2,1-2H3,(H,16,17,18). The summed E-state index contributed by atoms with van der Waals surface area (Å²) in [4.78, 5) is 4.24. The summed E-state index contributed by atoms with van der Waals surface area (Å²) in [6, 6.07) is 7.85. The molecular formula is C14H20N4O2. The molecule has 0 radical (unpaired) electrons. The highest BCUT2D eigenvalue weighted by Gasteiger charge is 2.19. The van der Waals surface area contributed by atoms with Crippen LogP contribution < -0.4 is 10.1 Å². The summed E-state index contributed by atoms with van der Waals surface area (Å²) in [5.41, 5.74) is 1.03. The zero-order valence-corrected chi connectivity index (χ0v) is 11.8.